The van der Waals surface area contributed by atoms with Crippen molar-refractivity contribution in [2.75, 3.05) is 19.8 Å². The number of ether oxygens (including phenoxy) is 1. The van der Waals surface area contributed by atoms with Crippen LogP contribution in [0.3, 0.4) is 0 Å². The summed E-state index contributed by atoms with van der Waals surface area (Å²) in [5, 5.41) is 2.65. The first-order valence-electron chi connectivity index (χ1n) is 7.66. The van der Waals surface area contributed by atoms with Gasteiger partial charge < -0.3 is 15.8 Å². The maximum Gasteiger partial charge on any atom is 0.270 e. The summed E-state index contributed by atoms with van der Waals surface area (Å²) in [5.41, 5.74) is 4.59. The summed E-state index contributed by atoms with van der Waals surface area (Å²) < 4.78 is 6.55. The second kappa shape index (κ2) is 6.40. The Morgan fingerprint density at radius 2 is 2.08 bits per heavy atom. The predicted molar refractivity (Wildman–Crippen MR) is 85.5 cm³/mol. The Labute approximate surface area is 137 Å². The van der Waals surface area contributed by atoms with Gasteiger partial charge in [0.15, 0.2) is 0 Å². The lowest BCUT2D eigenvalue weighted by atomic mass is 9.79. The number of rotatable bonds is 4. The third-order valence-corrected chi connectivity index (χ3v) is 4.42. The maximum absolute atomic E-state index is 12.4. The van der Waals surface area contributed by atoms with Crippen molar-refractivity contribution in [3.8, 4) is 0 Å². The van der Waals surface area contributed by atoms with E-state index in [0.29, 0.717) is 31.7 Å². The summed E-state index contributed by atoms with van der Waals surface area (Å²) in [5.74, 6) is -1.04. The fraction of sp³-hybridized carbons (Fsp3) is 0.375. The minimum Gasteiger partial charge on any atom is -0.381 e. The zero-order valence-corrected chi connectivity index (χ0v) is 13.0. The Bertz CT molecular complexity index is 839. The van der Waals surface area contributed by atoms with E-state index in [-0.39, 0.29) is 12.1 Å². The molecule has 2 aromatic heterocycles. The van der Waals surface area contributed by atoms with Crippen LogP contribution in [0.2, 0.25) is 0 Å². The van der Waals surface area contributed by atoms with Crippen LogP contribution in [0.4, 0.5) is 0 Å². The number of carbonyl (C=O) groups excluding carboxylic acids is 2. The Hall–Kier alpha value is -2.74. The van der Waals surface area contributed by atoms with Gasteiger partial charge in [0, 0.05) is 32.2 Å². The molecule has 0 aliphatic carbocycles. The molecule has 24 heavy (non-hydrogen) atoms. The Morgan fingerprint density at radius 3 is 2.79 bits per heavy atom. The fourth-order valence-electron chi connectivity index (χ4n) is 2.80. The largest absolute Gasteiger partial charge is 0.381 e. The lowest BCUT2D eigenvalue weighted by molar-refractivity contribution is -0.132. The molecule has 8 heteroatoms. The highest BCUT2D eigenvalue weighted by Crippen LogP contribution is 2.29. The van der Waals surface area contributed by atoms with Crippen LogP contribution in [0.5, 0.6) is 0 Å². The molecule has 1 fully saturated rings. The molecule has 0 bridgehead atoms. The number of fused-ring (bicyclic) bond motifs is 1. The van der Waals surface area contributed by atoms with Gasteiger partial charge in [-0.25, -0.2) is 4.98 Å². The summed E-state index contributed by atoms with van der Waals surface area (Å²) in [6.07, 6.45) is 3.67. The second-order valence-corrected chi connectivity index (χ2v) is 5.85. The van der Waals surface area contributed by atoms with Gasteiger partial charge in [0.25, 0.3) is 11.5 Å². The summed E-state index contributed by atoms with van der Waals surface area (Å²) in [7, 11) is 0. The van der Waals surface area contributed by atoms with Gasteiger partial charge >= 0.3 is 0 Å². The minimum absolute atomic E-state index is 0.0709. The van der Waals surface area contributed by atoms with Crippen LogP contribution in [0.1, 0.15) is 23.2 Å². The number of aromatic nitrogens is 2. The van der Waals surface area contributed by atoms with Gasteiger partial charge in [-0.05, 0) is 25.0 Å². The van der Waals surface area contributed by atoms with Crippen molar-refractivity contribution in [2.24, 2.45) is 11.1 Å². The fourth-order valence-corrected chi connectivity index (χ4v) is 2.80. The van der Waals surface area contributed by atoms with E-state index in [2.05, 4.69) is 10.3 Å². The van der Waals surface area contributed by atoms with Gasteiger partial charge in [-0.2, -0.15) is 0 Å². The summed E-state index contributed by atoms with van der Waals surface area (Å²) in [4.78, 5) is 40.7. The highest BCUT2D eigenvalue weighted by Gasteiger charge is 2.38. The lowest BCUT2D eigenvalue weighted by Crippen LogP contribution is -2.50. The second-order valence-electron chi connectivity index (χ2n) is 5.85. The van der Waals surface area contributed by atoms with Crippen LogP contribution in [0, 0.1) is 5.41 Å². The molecule has 0 saturated carbocycles. The SMILES string of the molecule is NC(=O)C1(CNC(=O)c2cnc3ccccn3c2=O)CCOCC1. The molecule has 1 aliphatic rings. The zero-order valence-electron chi connectivity index (χ0n) is 13.0. The van der Waals surface area contributed by atoms with E-state index in [9.17, 15) is 14.4 Å². The molecule has 2 aromatic rings. The van der Waals surface area contributed by atoms with Crippen molar-refractivity contribution < 1.29 is 14.3 Å². The minimum atomic E-state index is -0.839. The molecule has 0 atom stereocenters. The molecule has 0 unspecified atom stereocenters. The molecule has 8 nitrogen and oxygen atoms in total. The van der Waals surface area contributed by atoms with Crippen LogP contribution >= 0.6 is 0 Å². The Morgan fingerprint density at radius 1 is 1.33 bits per heavy atom. The number of carbonyl (C=O) groups is 2. The number of nitrogens with two attached hydrogens (primary N) is 1. The van der Waals surface area contributed by atoms with Crippen LogP contribution in [0.25, 0.3) is 5.65 Å². The molecule has 1 aliphatic heterocycles. The summed E-state index contributed by atoms with van der Waals surface area (Å²) in [6.45, 7) is 0.902. The molecular weight excluding hydrogens is 312 g/mol. The van der Waals surface area contributed by atoms with Crippen molar-refractivity contribution in [1.29, 1.82) is 0 Å². The molecule has 2 amide bonds. The molecular formula is C16H18N4O4. The number of pyridine rings is 1. The first kappa shape index (κ1) is 16.1. The highest BCUT2D eigenvalue weighted by molar-refractivity contribution is 5.94. The normalized spacial score (nSPS) is 16.7. The Kier molecular flexibility index (Phi) is 4.30. The van der Waals surface area contributed by atoms with Crippen molar-refractivity contribution in [2.45, 2.75) is 12.8 Å². The van der Waals surface area contributed by atoms with Crippen LogP contribution < -0.4 is 16.6 Å². The standard InChI is InChI=1S/C16H18N4O4/c17-15(23)16(4-7-24-8-5-16)10-19-13(21)11-9-18-12-3-1-2-6-20(12)14(11)22/h1-3,6,9H,4-5,7-8,10H2,(H2,17,23)(H,19,21). The first-order chi connectivity index (χ1) is 11.5. The number of primary amides is 1. The van der Waals surface area contributed by atoms with Crippen molar-refractivity contribution in [3.63, 3.8) is 0 Å². The zero-order chi connectivity index (χ0) is 17.2. The van der Waals surface area contributed by atoms with Crippen LogP contribution in [0.15, 0.2) is 35.4 Å². The number of hydrogen-bond donors (Lipinski definition) is 2. The molecule has 126 valence electrons. The third-order valence-electron chi connectivity index (χ3n) is 4.42. The van der Waals surface area contributed by atoms with E-state index < -0.39 is 22.8 Å². The van der Waals surface area contributed by atoms with E-state index in [1.807, 2.05) is 0 Å². The van der Waals surface area contributed by atoms with Gasteiger partial charge in [-0.1, -0.05) is 6.07 Å². The van der Waals surface area contributed by atoms with Crippen LogP contribution in [-0.4, -0.2) is 41.0 Å². The Balaban J connectivity index is 1.81. The highest BCUT2D eigenvalue weighted by atomic mass is 16.5. The lowest BCUT2D eigenvalue weighted by Gasteiger charge is -2.34. The molecule has 1 saturated heterocycles. The van der Waals surface area contributed by atoms with E-state index in [0.717, 1.165) is 0 Å². The predicted octanol–water partition coefficient (Wildman–Crippen LogP) is -0.294. The average Bonchev–Trinajstić information content (AvgIpc) is 2.61. The van der Waals surface area contributed by atoms with Crippen LogP contribution in [-0.2, 0) is 9.53 Å². The monoisotopic (exact) mass is 330 g/mol. The van der Waals surface area contributed by atoms with Gasteiger partial charge in [0.1, 0.15) is 11.2 Å². The molecule has 0 aromatic carbocycles. The molecule has 3 rings (SSSR count). The maximum atomic E-state index is 12.4. The number of nitrogens with one attached hydrogen (secondary N) is 1. The average molecular weight is 330 g/mol. The van der Waals surface area contributed by atoms with Crippen molar-refractivity contribution >= 4 is 17.5 Å². The number of hydrogen-bond acceptors (Lipinski definition) is 5. The van der Waals surface area contributed by atoms with E-state index in [4.69, 9.17) is 10.5 Å². The number of nitrogens with zero attached hydrogens (tertiary/aromatic N) is 2. The summed E-state index contributed by atoms with van der Waals surface area (Å²) >= 11 is 0. The first-order valence-corrected chi connectivity index (χ1v) is 7.66. The molecule has 0 spiro atoms. The van der Waals surface area contributed by atoms with E-state index in [1.165, 1.54) is 10.6 Å². The van der Waals surface area contributed by atoms with Crippen molar-refractivity contribution in [1.82, 2.24) is 14.7 Å². The summed E-state index contributed by atoms with van der Waals surface area (Å²) in [6, 6.07) is 5.11. The topological polar surface area (TPSA) is 116 Å². The van der Waals surface area contributed by atoms with Gasteiger partial charge in [-0.3, -0.25) is 18.8 Å². The smallest absolute Gasteiger partial charge is 0.270 e. The van der Waals surface area contributed by atoms with Gasteiger partial charge in [-0.15, -0.1) is 0 Å². The van der Waals surface area contributed by atoms with E-state index in [1.54, 1.807) is 24.4 Å². The molecule has 0 radical (unpaired) electrons. The quantitative estimate of drug-likeness (QED) is 0.799. The van der Waals surface area contributed by atoms with E-state index >= 15 is 0 Å². The molecule has 3 N–H and O–H groups in total. The van der Waals surface area contributed by atoms with Gasteiger partial charge in [0.05, 0.1) is 5.41 Å². The number of amides is 2. The third kappa shape index (κ3) is 2.88. The van der Waals surface area contributed by atoms with Crippen molar-refractivity contribution in [3.05, 3.63) is 46.5 Å². The molecule has 3 heterocycles. The van der Waals surface area contributed by atoms with Gasteiger partial charge in [0.2, 0.25) is 5.91 Å².